The Morgan fingerprint density at radius 3 is 2.50 bits per heavy atom. The highest BCUT2D eigenvalue weighted by atomic mass is 28.2. The maximum absolute atomic E-state index is 5.08. The van der Waals surface area contributed by atoms with E-state index >= 15 is 0 Å². The van der Waals surface area contributed by atoms with Gasteiger partial charge in [-0.25, -0.2) is 0 Å². The van der Waals surface area contributed by atoms with Gasteiger partial charge in [-0.3, -0.25) is 0 Å². The molecule has 54 valence electrons. The second-order valence-corrected chi connectivity index (χ2v) is 2.81. The molecule has 0 radical (unpaired) electrons. The molecule has 0 aliphatic heterocycles. The van der Waals surface area contributed by atoms with Gasteiger partial charge >= 0.3 is 0 Å². The molecule has 1 rings (SSSR count). The van der Waals surface area contributed by atoms with Gasteiger partial charge in [-0.1, -0.05) is 30.3 Å². The minimum Gasteiger partial charge on any atom is -0.428 e. The molecule has 1 nitrogen and oxygen atoms in total. The number of benzene rings is 1. The average Bonchev–Trinajstić information content (AvgIpc) is 2.03. The van der Waals surface area contributed by atoms with Gasteiger partial charge in [-0.15, -0.1) is 0 Å². The standard InChI is InChI=1S/C8H12OSi/c10-9-7-6-8-4-2-1-3-5-8/h1-5H,6-7H2,10H3. The normalized spacial score (nSPS) is 10.0. The van der Waals surface area contributed by atoms with Crippen molar-refractivity contribution in [3.8, 4) is 0 Å². The van der Waals surface area contributed by atoms with Crippen molar-refractivity contribution in [2.24, 2.45) is 0 Å². The summed E-state index contributed by atoms with van der Waals surface area (Å²) in [5.74, 6) is 0. The molecular formula is C8H12OSi. The van der Waals surface area contributed by atoms with E-state index < -0.39 is 0 Å². The second-order valence-electron chi connectivity index (χ2n) is 2.23. The van der Waals surface area contributed by atoms with Crippen molar-refractivity contribution >= 4 is 10.5 Å². The lowest BCUT2D eigenvalue weighted by molar-refractivity contribution is 0.354. The molecule has 0 fully saturated rings. The van der Waals surface area contributed by atoms with Gasteiger partial charge in [-0.2, -0.15) is 0 Å². The Labute approximate surface area is 64.6 Å². The minimum absolute atomic E-state index is 0.850. The second kappa shape index (κ2) is 4.25. The smallest absolute Gasteiger partial charge is 0.145 e. The Bertz CT molecular complexity index is 174. The van der Waals surface area contributed by atoms with E-state index in [2.05, 4.69) is 24.3 Å². The van der Waals surface area contributed by atoms with Crippen molar-refractivity contribution in [3.05, 3.63) is 35.9 Å². The summed E-state index contributed by atoms with van der Waals surface area (Å²) in [6.07, 6.45) is 1.05. The summed E-state index contributed by atoms with van der Waals surface area (Å²) in [6.45, 7) is 0.871. The Balaban J connectivity index is 2.43. The molecular weight excluding hydrogens is 140 g/mol. The zero-order valence-electron chi connectivity index (χ0n) is 6.21. The summed E-state index contributed by atoms with van der Waals surface area (Å²) >= 11 is 0. The maximum atomic E-state index is 5.08. The van der Waals surface area contributed by atoms with E-state index in [0.29, 0.717) is 0 Å². The molecule has 0 bridgehead atoms. The molecule has 0 aromatic heterocycles. The predicted octanol–water partition coefficient (Wildman–Crippen LogP) is 0.526. The first kappa shape index (κ1) is 7.50. The third-order valence-electron chi connectivity index (χ3n) is 1.44. The van der Waals surface area contributed by atoms with Crippen LogP contribution in [0.3, 0.4) is 0 Å². The van der Waals surface area contributed by atoms with Gasteiger partial charge in [0.15, 0.2) is 0 Å². The summed E-state index contributed by atoms with van der Waals surface area (Å²) < 4.78 is 5.08. The van der Waals surface area contributed by atoms with Gasteiger partial charge in [0.25, 0.3) is 0 Å². The van der Waals surface area contributed by atoms with Crippen molar-refractivity contribution in [2.75, 3.05) is 6.61 Å². The fourth-order valence-corrected chi connectivity index (χ4v) is 1.07. The highest BCUT2D eigenvalue weighted by molar-refractivity contribution is 5.97. The van der Waals surface area contributed by atoms with Crippen LogP contribution >= 0.6 is 0 Å². The van der Waals surface area contributed by atoms with Gasteiger partial charge in [0.05, 0.1) is 0 Å². The van der Waals surface area contributed by atoms with Gasteiger partial charge in [-0.05, 0) is 12.0 Å². The lowest BCUT2D eigenvalue weighted by atomic mass is 10.2. The van der Waals surface area contributed by atoms with Crippen LogP contribution in [0.4, 0.5) is 0 Å². The number of hydrogen-bond donors (Lipinski definition) is 0. The Hall–Kier alpha value is -0.603. The van der Waals surface area contributed by atoms with Crippen LogP contribution in [0.2, 0.25) is 0 Å². The van der Waals surface area contributed by atoms with Crippen LogP contribution in [0.15, 0.2) is 30.3 Å². The topological polar surface area (TPSA) is 9.23 Å². The molecule has 10 heavy (non-hydrogen) atoms. The molecule has 0 atom stereocenters. The van der Waals surface area contributed by atoms with Crippen LogP contribution in [-0.2, 0) is 10.8 Å². The highest BCUT2D eigenvalue weighted by Crippen LogP contribution is 1.98. The van der Waals surface area contributed by atoms with Gasteiger partial charge in [0.2, 0.25) is 0 Å². The zero-order valence-corrected chi connectivity index (χ0v) is 8.21. The van der Waals surface area contributed by atoms with Crippen LogP contribution in [0.5, 0.6) is 0 Å². The van der Waals surface area contributed by atoms with E-state index in [1.165, 1.54) is 5.56 Å². The van der Waals surface area contributed by atoms with Crippen molar-refractivity contribution in [1.82, 2.24) is 0 Å². The fourth-order valence-electron chi connectivity index (χ4n) is 0.865. The Morgan fingerprint density at radius 2 is 1.90 bits per heavy atom. The molecule has 2 heteroatoms. The summed E-state index contributed by atoms with van der Waals surface area (Å²) in [7, 11) is 0.850. The molecule has 0 aliphatic carbocycles. The summed E-state index contributed by atoms with van der Waals surface area (Å²) in [5, 5.41) is 0. The van der Waals surface area contributed by atoms with Crippen molar-refractivity contribution < 1.29 is 4.43 Å². The summed E-state index contributed by atoms with van der Waals surface area (Å²) in [6, 6.07) is 10.4. The lowest BCUT2D eigenvalue weighted by Crippen LogP contribution is -1.94. The zero-order chi connectivity index (χ0) is 7.23. The molecule has 0 N–H and O–H groups in total. The SMILES string of the molecule is [SiH3]OCCc1ccccc1. The summed E-state index contributed by atoms with van der Waals surface area (Å²) in [4.78, 5) is 0. The Morgan fingerprint density at radius 1 is 1.20 bits per heavy atom. The van der Waals surface area contributed by atoms with E-state index in [0.717, 1.165) is 23.5 Å². The van der Waals surface area contributed by atoms with Crippen molar-refractivity contribution in [3.63, 3.8) is 0 Å². The van der Waals surface area contributed by atoms with Crippen LogP contribution in [0.1, 0.15) is 5.56 Å². The first-order chi connectivity index (χ1) is 4.93. The van der Waals surface area contributed by atoms with Gasteiger partial charge < -0.3 is 4.43 Å². The highest BCUT2D eigenvalue weighted by Gasteiger charge is 1.87. The lowest BCUT2D eigenvalue weighted by Gasteiger charge is -1.97. The molecule has 1 aromatic rings. The molecule has 0 saturated carbocycles. The first-order valence-corrected chi connectivity index (χ1v) is 4.28. The van der Waals surface area contributed by atoms with Crippen LogP contribution < -0.4 is 0 Å². The minimum atomic E-state index is 0.850. The number of rotatable bonds is 3. The fraction of sp³-hybridized carbons (Fsp3) is 0.250. The molecule has 1 aromatic carbocycles. The molecule has 0 heterocycles. The molecule has 0 aliphatic rings. The van der Waals surface area contributed by atoms with E-state index in [1.54, 1.807) is 0 Å². The Kier molecular flexibility index (Phi) is 3.19. The third kappa shape index (κ3) is 2.33. The van der Waals surface area contributed by atoms with Crippen LogP contribution in [0.25, 0.3) is 0 Å². The van der Waals surface area contributed by atoms with E-state index in [9.17, 15) is 0 Å². The third-order valence-corrected chi connectivity index (χ3v) is 1.85. The van der Waals surface area contributed by atoms with Crippen LogP contribution in [0, 0.1) is 0 Å². The predicted molar refractivity (Wildman–Crippen MR) is 46.0 cm³/mol. The molecule has 0 unspecified atom stereocenters. The van der Waals surface area contributed by atoms with Gasteiger partial charge in [0.1, 0.15) is 10.5 Å². The molecule has 0 spiro atoms. The largest absolute Gasteiger partial charge is 0.428 e. The van der Waals surface area contributed by atoms with E-state index in [4.69, 9.17) is 4.43 Å². The van der Waals surface area contributed by atoms with Crippen molar-refractivity contribution in [2.45, 2.75) is 6.42 Å². The average molecular weight is 152 g/mol. The monoisotopic (exact) mass is 152 g/mol. The molecule has 0 amide bonds. The maximum Gasteiger partial charge on any atom is 0.145 e. The summed E-state index contributed by atoms with van der Waals surface area (Å²) in [5.41, 5.74) is 1.36. The number of hydrogen-bond acceptors (Lipinski definition) is 1. The van der Waals surface area contributed by atoms with E-state index in [-0.39, 0.29) is 0 Å². The molecule has 0 saturated heterocycles. The quantitative estimate of drug-likeness (QED) is 0.574. The first-order valence-electron chi connectivity index (χ1n) is 3.46. The van der Waals surface area contributed by atoms with Gasteiger partial charge in [0, 0.05) is 6.61 Å². The van der Waals surface area contributed by atoms with Crippen molar-refractivity contribution in [1.29, 1.82) is 0 Å². The van der Waals surface area contributed by atoms with Crippen LogP contribution in [-0.4, -0.2) is 17.1 Å². The van der Waals surface area contributed by atoms with E-state index in [1.807, 2.05) is 6.07 Å².